The van der Waals surface area contributed by atoms with Gasteiger partial charge in [-0.1, -0.05) is 0 Å². The zero-order valence-corrected chi connectivity index (χ0v) is 9.65. The van der Waals surface area contributed by atoms with E-state index in [4.69, 9.17) is 0 Å². The van der Waals surface area contributed by atoms with E-state index in [-0.39, 0.29) is 5.78 Å². The molecule has 1 fully saturated rings. The Morgan fingerprint density at radius 3 is 2.44 bits per heavy atom. The zero-order chi connectivity index (χ0) is 11.4. The summed E-state index contributed by atoms with van der Waals surface area (Å²) >= 11 is 0. The van der Waals surface area contributed by atoms with Crippen molar-refractivity contribution in [3.05, 3.63) is 18.0 Å². The van der Waals surface area contributed by atoms with Gasteiger partial charge in [0.15, 0.2) is 0 Å². The minimum Gasteiger partial charge on any atom is -0.341 e. The van der Waals surface area contributed by atoms with Gasteiger partial charge in [0.1, 0.15) is 5.78 Å². The summed E-state index contributed by atoms with van der Waals surface area (Å²) in [7, 11) is 0. The first-order valence-corrected chi connectivity index (χ1v) is 5.81. The van der Waals surface area contributed by atoms with Gasteiger partial charge in [0.2, 0.25) is 5.95 Å². The summed E-state index contributed by atoms with van der Waals surface area (Å²) in [5.41, 5.74) is 0.897. The second-order valence-electron chi connectivity index (χ2n) is 4.32. The lowest BCUT2D eigenvalue weighted by molar-refractivity contribution is -0.116. The molecule has 0 saturated carbocycles. The first-order chi connectivity index (χ1) is 7.75. The molecule has 1 aromatic heterocycles. The summed E-state index contributed by atoms with van der Waals surface area (Å²) in [6, 6.07) is 0. The molecule has 2 heterocycles. The monoisotopic (exact) mass is 219 g/mol. The maximum Gasteiger partial charge on any atom is 0.225 e. The smallest absolute Gasteiger partial charge is 0.225 e. The van der Waals surface area contributed by atoms with Gasteiger partial charge in [-0.05, 0) is 31.7 Å². The molecule has 1 aromatic rings. The van der Waals surface area contributed by atoms with Crippen molar-refractivity contribution >= 4 is 11.7 Å². The van der Waals surface area contributed by atoms with E-state index in [0.717, 1.165) is 24.6 Å². The van der Waals surface area contributed by atoms with Gasteiger partial charge < -0.3 is 4.90 Å². The van der Waals surface area contributed by atoms with Crippen LogP contribution < -0.4 is 4.90 Å². The minimum absolute atomic E-state index is 0.148. The van der Waals surface area contributed by atoms with E-state index >= 15 is 0 Å². The second kappa shape index (κ2) is 5.05. The average Bonchev–Trinajstić information content (AvgIpc) is 2.30. The molecule has 0 N–H and O–H groups in total. The molecule has 0 spiro atoms. The van der Waals surface area contributed by atoms with Crippen LogP contribution in [0.15, 0.2) is 12.4 Å². The number of Topliss-reactive ketones (excluding diaryl/α,β-unsaturated/α-hetero) is 1. The van der Waals surface area contributed by atoms with E-state index in [1.165, 1.54) is 19.3 Å². The van der Waals surface area contributed by atoms with Crippen LogP contribution in [-0.4, -0.2) is 28.8 Å². The normalized spacial score (nSPS) is 16.2. The van der Waals surface area contributed by atoms with E-state index in [9.17, 15) is 4.79 Å². The van der Waals surface area contributed by atoms with E-state index in [2.05, 4.69) is 14.9 Å². The molecule has 16 heavy (non-hydrogen) atoms. The second-order valence-corrected chi connectivity index (χ2v) is 4.32. The fourth-order valence-corrected chi connectivity index (χ4v) is 1.98. The van der Waals surface area contributed by atoms with Crippen molar-refractivity contribution in [3.8, 4) is 0 Å². The third kappa shape index (κ3) is 2.78. The molecular formula is C12H17N3O. The van der Waals surface area contributed by atoms with Gasteiger partial charge >= 0.3 is 0 Å². The highest BCUT2D eigenvalue weighted by molar-refractivity contribution is 5.77. The Labute approximate surface area is 95.7 Å². The van der Waals surface area contributed by atoms with E-state index in [0.29, 0.717) is 6.42 Å². The Kier molecular flexibility index (Phi) is 3.49. The number of aromatic nitrogens is 2. The Bertz CT molecular complexity index is 355. The first kappa shape index (κ1) is 11.0. The van der Waals surface area contributed by atoms with Gasteiger partial charge in [-0.25, -0.2) is 9.97 Å². The molecule has 0 radical (unpaired) electrons. The Balaban J connectivity index is 2.03. The maximum absolute atomic E-state index is 10.9. The zero-order valence-electron chi connectivity index (χ0n) is 9.65. The van der Waals surface area contributed by atoms with Crippen LogP contribution in [0.4, 0.5) is 5.95 Å². The molecule has 0 amide bonds. The number of ketones is 1. The molecule has 2 rings (SSSR count). The lowest BCUT2D eigenvalue weighted by Gasteiger charge is -2.26. The van der Waals surface area contributed by atoms with Crippen molar-refractivity contribution in [2.75, 3.05) is 18.0 Å². The largest absolute Gasteiger partial charge is 0.341 e. The quantitative estimate of drug-likeness (QED) is 0.774. The molecule has 0 aromatic carbocycles. The van der Waals surface area contributed by atoms with Crippen molar-refractivity contribution in [1.29, 1.82) is 0 Å². The predicted octanol–water partition coefficient (Wildman–Crippen LogP) is 1.60. The number of carbonyl (C=O) groups excluding carboxylic acids is 1. The van der Waals surface area contributed by atoms with Crippen LogP contribution in [0.1, 0.15) is 31.7 Å². The molecule has 86 valence electrons. The van der Waals surface area contributed by atoms with Gasteiger partial charge in [0, 0.05) is 31.9 Å². The summed E-state index contributed by atoms with van der Waals surface area (Å²) in [4.78, 5) is 21.8. The molecule has 1 saturated heterocycles. The third-order valence-electron chi connectivity index (χ3n) is 2.78. The molecule has 1 aliphatic heterocycles. The molecule has 0 unspecified atom stereocenters. The lowest BCUT2D eigenvalue weighted by Crippen LogP contribution is -2.30. The van der Waals surface area contributed by atoms with Gasteiger partial charge in [0.05, 0.1) is 0 Å². The Morgan fingerprint density at radius 2 is 1.88 bits per heavy atom. The number of anilines is 1. The van der Waals surface area contributed by atoms with E-state index < -0.39 is 0 Å². The summed E-state index contributed by atoms with van der Waals surface area (Å²) in [5, 5.41) is 0. The number of rotatable bonds is 3. The first-order valence-electron chi connectivity index (χ1n) is 5.81. The predicted molar refractivity (Wildman–Crippen MR) is 62.5 cm³/mol. The van der Waals surface area contributed by atoms with Crippen LogP contribution in [0.5, 0.6) is 0 Å². The summed E-state index contributed by atoms with van der Waals surface area (Å²) in [6.07, 6.45) is 7.70. The average molecular weight is 219 g/mol. The van der Waals surface area contributed by atoms with Gasteiger partial charge in [-0.15, -0.1) is 0 Å². The van der Waals surface area contributed by atoms with Crippen molar-refractivity contribution < 1.29 is 4.79 Å². The summed E-state index contributed by atoms with van der Waals surface area (Å²) in [6.45, 7) is 3.68. The molecule has 4 nitrogen and oxygen atoms in total. The molecule has 4 heteroatoms. The maximum atomic E-state index is 10.9. The number of piperidine rings is 1. The van der Waals surface area contributed by atoms with Crippen LogP contribution in [0.2, 0.25) is 0 Å². The molecule has 0 aliphatic carbocycles. The van der Waals surface area contributed by atoms with Gasteiger partial charge in [-0.2, -0.15) is 0 Å². The van der Waals surface area contributed by atoms with Crippen LogP contribution >= 0.6 is 0 Å². The fourth-order valence-electron chi connectivity index (χ4n) is 1.98. The van der Waals surface area contributed by atoms with Crippen molar-refractivity contribution in [1.82, 2.24) is 9.97 Å². The highest BCUT2D eigenvalue weighted by Gasteiger charge is 2.12. The number of hydrogen-bond acceptors (Lipinski definition) is 4. The van der Waals surface area contributed by atoms with Crippen molar-refractivity contribution in [2.45, 2.75) is 32.6 Å². The van der Waals surface area contributed by atoms with Crippen LogP contribution in [-0.2, 0) is 11.2 Å². The van der Waals surface area contributed by atoms with Crippen molar-refractivity contribution in [3.63, 3.8) is 0 Å². The summed E-state index contributed by atoms with van der Waals surface area (Å²) in [5.74, 6) is 0.946. The summed E-state index contributed by atoms with van der Waals surface area (Å²) < 4.78 is 0. The molecule has 0 atom stereocenters. The Hall–Kier alpha value is -1.45. The van der Waals surface area contributed by atoms with E-state index in [1.807, 2.05) is 0 Å². The lowest BCUT2D eigenvalue weighted by atomic mass is 10.1. The third-order valence-corrected chi connectivity index (χ3v) is 2.78. The SMILES string of the molecule is CC(=O)Cc1cnc(N2CCCCC2)nc1. The standard InChI is InChI=1S/C12H17N3O/c1-10(16)7-11-8-13-12(14-9-11)15-5-3-2-4-6-15/h8-9H,2-7H2,1H3. The van der Waals surface area contributed by atoms with Crippen LogP contribution in [0.3, 0.4) is 0 Å². The highest BCUT2D eigenvalue weighted by Crippen LogP contribution is 2.14. The van der Waals surface area contributed by atoms with Gasteiger partial charge in [0.25, 0.3) is 0 Å². The van der Waals surface area contributed by atoms with Crippen molar-refractivity contribution in [2.24, 2.45) is 0 Å². The minimum atomic E-state index is 0.148. The number of nitrogens with zero attached hydrogens (tertiary/aromatic N) is 3. The topological polar surface area (TPSA) is 46.1 Å². The van der Waals surface area contributed by atoms with Crippen LogP contribution in [0.25, 0.3) is 0 Å². The van der Waals surface area contributed by atoms with Crippen LogP contribution in [0, 0.1) is 0 Å². The van der Waals surface area contributed by atoms with E-state index in [1.54, 1.807) is 19.3 Å². The molecule has 1 aliphatic rings. The number of carbonyl (C=O) groups is 1. The Morgan fingerprint density at radius 1 is 1.25 bits per heavy atom. The molecular weight excluding hydrogens is 202 g/mol. The number of hydrogen-bond donors (Lipinski definition) is 0. The fraction of sp³-hybridized carbons (Fsp3) is 0.583. The molecule has 0 bridgehead atoms. The highest BCUT2D eigenvalue weighted by atomic mass is 16.1. The van der Waals surface area contributed by atoms with Gasteiger partial charge in [-0.3, -0.25) is 4.79 Å².